The summed E-state index contributed by atoms with van der Waals surface area (Å²) in [5.41, 5.74) is -0.191. The molecule has 3 aromatic carbocycles. The van der Waals surface area contributed by atoms with Gasteiger partial charge in [0, 0.05) is 18.8 Å². The number of esters is 2. The minimum Gasteiger partial charge on any atom is -0.468 e. The molecule has 0 fully saturated rings. The molecule has 1 amide bonds. The number of carbonyl (C=O) groups is 3. The third-order valence-corrected chi connectivity index (χ3v) is 7.97. The summed E-state index contributed by atoms with van der Waals surface area (Å²) in [5, 5.41) is 2.58. The van der Waals surface area contributed by atoms with Gasteiger partial charge in [0.05, 0.1) is 26.2 Å². The lowest BCUT2D eigenvalue weighted by atomic mass is 9.76. The molecule has 10 nitrogen and oxygen atoms in total. The second-order valence-electron chi connectivity index (χ2n) is 12.2. The zero-order valence-electron chi connectivity index (χ0n) is 27.5. The zero-order valence-corrected chi connectivity index (χ0v) is 27.5. The Kier molecular flexibility index (Phi) is 9.74. The van der Waals surface area contributed by atoms with Crippen LogP contribution in [0.5, 0.6) is 0 Å². The topological polar surface area (TPSA) is 122 Å². The van der Waals surface area contributed by atoms with Crippen LogP contribution in [0.4, 0.5) is 10.6 Å². The van der Waals surface area contributed by atoms with Gasteiger partial charge in [-0.05, 0) is 49.1 Å². The normalized spacial score (nSPS) is 11.8. The van der Waals surface area contributed by atoms with E-state index in [1.54, 1.807) is 45.4 Å². The van der Waals surface area contributed by atoms with Crippen LogP contribution in [0.25, 0.3) is 0 Å². The van der Waals surface area contributed by atoms with Crippen LogP contribution in [0.2, 0.25) is 0 Å². The van der Waals surface area contributed by atoms with Crippen LogP contribution in [0.15, 0.2) is 122 Å². The summed E-state index contributed by atoms with van der Waals surface area (Å²) in [6.45, 7) is 5.27. The number of ether oxygens (including phenoxy) is 3. The highest BCUT2D eigenvalue weighted by atomic mass is 16.6. The van der Waals surface area contributed by atoms with Gasteiger partial charge in [-0.3, -0.25) is 14.9 Å². The monoisotopic (exact) mass is 646 g/mol. The van der Waals surface area contributed by atoms with Crippen LogP contribution in [0, 0.1) is 0 Å². The summed E-state index contributed by atoms with van der Waals surface area (Å²) in [4.78, 5) is 48.9. The second-order valence-corrected chi connectivity index (χ2v) is 12.2. The standard InChI is InChI=1S/C38H38N4O6/c1-36(2,3)48-35(45)41-32-22-21-27(24-39-32)23-37(33(43)46-4,34(44)47-5)31-25-42(26-40-31)38(28-15-9-6-10-16-28,29-17-11-7-12-18-29)30-19-13-8-14-20-30/h6-22,24-26H,23H2,1-5H3,(H,39,41,45). The van der Waals surface area contributed by atoms with Gasteiger partial charge in [0.25, 0.3) is 0 Å². The number of aromatic nitrogens is 3. The van der Waals surface area contributed by atoms with Gasteiger partial charge in [0.15, 0.2) is 0 Å². The third-order valence-electron chi connectivity index (χ3n) is 7.97. The first-order valence-electron chi connectivity index (χ1n) is 15.4. The highest BCUT2D eigenvalue weighted by molar-refractivity contribution is 6.06. The van der Waals surface area contributed by atoms with E-state index in [0.29, 0.717) is 5.56 Å². The molecule has 48 heavy (non-hydrogen) atoms. The van der Waals surface area contributed by atoms with Crippen molar-refractivity contribution in [3.05, 3.63) is 150 Å². The van der Waals surface area contributed by atoms with E-state index >= 15 is 0 Å². The number of methoxy groups -OCH3 is 2. The largest absolute Gasteiger partial charge is 0.468 e. The number of pyridine rings is 1. The Morgan fingerprint density at radius 2 is 1.21 bits per heavy atom. The number of amides is 1. The van der Waals surface area contributed by atoms with E-state index in [0.717, 1.165) is 16.7 Å². The van der Waals surface area contributed by atoms with E-state index in [4.69, 9.17) is 19.2 Å². The number of nitrogens with zero attached hydrogens (tertiary/aromatic N) is 3. The zero-order chi connectivity index (χ0) is 34.4. The Morgan fingerprint density at radius 3 is 1.62 bits per heavy atom. The quantitative estimate of drug-likeness (QED) is 0.0813. The molecule has 0 unspecified atom stereocenters. The van der Waals surface area contributed by atoms with Crippen molar-refractivity contribution in [1.29, 1.82) is 0 Å². The summed E-state index contributed by atoms with van der Waals surface area (Å²) in [6.07, 6.45) is 3.94. The van der Waals surface area contributed by atoms with E-state index in [2.05, 4.69) is 10.3 Å². The first-order valence-corrected chi connectivity index (χ1v) is 15.4. The molecule has 246 valence electrons. The minimum absolute atomic E-state index is 0.129. The first-order chi connectivity index (χ1) is 23.0. The van der Waals surface area contributed by atoms with Gasteiger partial charge >= 0.3 is 18.0 Å². The van der Waals surface area contributed by atoms with Crippen LogP contribution in [0.3, 0.4) is 0 Å². The predicted molar refractivity (Wildman–Crippen MR) is 180 cm³/mol. The lowest BCUT2D eigenvalue weighted by molar-refractivity contribution is -0.162. The van der Waals surface area contributed by atoms with Gasteiger partial charge in [-0.25, -0.2) is 14.8 Å². The van der Waals surface area contributed by atoms with E-state index in [1.807, 2.05) is 95.6 Å². The maximum Gasteiger partial charge on any atom is 0.413 e. The maximum absolute atomic E-state index is 13.8. The molecule has 10 heteroatoms. The highest BCUT2D eigenvalue weighted by Gasteiger charge is 2.53. The van der Waals surface area contributed by atoms with Crippen LogP contribution < -0.4 is 5.32 Å². The summed E-state index contributed by atoms with van der Waals surface area (Å²) >= 11 is 0. The first kappa shape index (κ1) is 33.6. The van der Waals surface area contributed by atoms with Crippen LogP contribution >= 0.6 is 0 Å². The van der Waals surface area contributed by atoms with Gasteiger partial charge in [-0.1, -0.05) is 97.1 Å². The number of hydrogen-bond acceptors (Lipinski definition) is 8. The molecular weight excluding hydrogens is 608 g/mol. The molecule has 5 rings (SSSR count). The molecule has 0 aliphatic carbocycles. The molecule has 1 N–H and O–H groups in total. The van der Waals surface area contributed by atoms with Crippen LogP contribution in [-0.4, -0.2) is 52.4 Å². The molecule has 0 saturated heterocycles. The Morgan fingerprint density at radius 1 is 0.708 bits per heavy atom. The summed E-state index contributed by atoms with van der Waals surface area (Å²) in [7, 11) is 2.43. The molecular formula is C38H38N4O6. The fourth-order valence-electron chi connectivity index (χ4n) is 5.91. The molecule has 0 radical (unpaired) electrons. The van der Waals surface area contributed by atoms with Crippen molar-refractivity contribution >= 4 is 23.8 Å². The molecule has 2 heterocycles. The van der Waals surface area contributed by atoms with Gasteiger partial charge in [-0.15, -0.1) is 0 Å². The Hall–Kier alpha value is -5.77. The molecule has 0 atom stereocenters. The van der Waals surface area contributed by atoms with E-state index in [1.165, 1.54) is 20.4 Å². The van der Waals surface area contributed by atoms with Gasteiger partial charge in [0.2, 0.25) is 5.41 Å². The van der Waals surface area contributed by atoms with Crippen LogP contribution in [0.1, 0.15) is 48.7 Å². The van der Waals surface area contributed by atoms with Gasteiger partial charge < -0.3 is 18.8 Å². The second kappa shape index (κ2) is 13.9. The van der Waals surface area contributed by atoms with Crippen molar-refractivity contribution in [2.24, 2.45) is 0 Å². The fraction of sp³-hybridized carbons (Fsp3) is 0.237. The third kappa shape index (κ3) is 6.55. The van der Waals surface area contributed by atoms with E-state index in [9.17, 15) is 14.4 Å². The Bertz CT molecular complexity index is 1740. The number of nitrogens with one attached hydrogen (secondary N) is 1. The SMILES string of the molecule is COC(=O)C(Cc1ccc(NC(=O)OC(C)(C)C)nc1)(C(=O)OC)c1cn(C(c2ccccc2)(c2ccccc2)c2ccccc2)cn1. The van der Waals surface area contributed by atoms with Crippen molar-refractivity contribution < 1.29 is 28.6 Å². The minimum atomic E-state index is -1.99. The fourth-order valence-corrected chi connectivity index (χ4v) is 5.91. The van der Waals surface area contributed by atoms with Crippen molar-refractivity contribution in [3.63, 3.8) is 0 Å². The number of anilines is 1. The number of carbonyl (C=O) groups excluding carboxylic acids is 3. The maximum atomic E-state index is 13.8. The van der Waals surface area contributed by atoms with Gasteiger partial charge in [0.1, 0.15) is 17.0 Å². The van der Waals surface area contributed by atoms with Crippen LogP contribution in [-0.2, 0) is 41.2 Å². The number of hydrogen-bond donors (Lipinski definition) is 1. The molecule has 0 saturated carbocycles. The molecule has 0 aliphatic rings. The summed E-state index contributed by atoms with van der Waals surface area (Å²) < 4.78 is 17.7. The van der Waals surface area contributed by atoms with Crippen molar-refractivity contribution in [2.75, 3.05) is 19.5 Å². The van der Waals surface area contributed by atoms with Crippen molar-refractivity contribution in [2.45, 2.75) is 43.7 Å². The Labute approximate surface area is 279 Å². The molecule has 0 aliphatic heterocycles. The number of benzene rings is 3. The predicted octanol–water partition coefficient (Wildman–Crippen LogP) is 6.29. The number of rotatable bonds is 10. The molecule has 0 spiro atoms. The molecule has 0 bridgehead atoms. The average Bonchev–Trinajstić information content (AvgIpc) is 3.59. The summed E-state index contributed by atoms with van der Waals surface area (Å²) in [6, 6.07) is 33.1. The lowest BCUT2D eigenvalue weighted by Crippen LogP contribution is -2.48. The number of imidazole rings is 1. The van der Waals surface area contributed by atoms with Crippen molar-refractivity contribution in [1.82, 2.24) is 14.5 Å². The highest BCUT2D eigenvalue weighted by Crippen LogP contribution is 2.42. The van der Waals surface area contributed by atoms with Crippen molar-refractivity contribution in [3.8, 4) is 0 Å². The van der Waals surface area contributed by atoms with Gasteiger partial charge in [-0.2, -0.15) is 0 Å². The smallest absolute Gasteiger partial charge is 0.413 e. The van der Waals surface area contributed by atoms with E-state index < -0.39 is 34.6 Å². The van der Waals surface area contributed by atoms with E-state index in [-0.39, 0.29) is 17.9 Å². The average molecular weight is 647 g/mol. The molecule has 2 aromatic heterocycles. The molecule has 5 aromatic rings. The summed E-state index contributed by atoms with van der Waals surface area (Å²) in [5.74, 6) is -1.46. The Balaban J connectivity index is 1.65. The lowest BCUT2D eigenvalue weighted by Gasteiger charge is -2.37.